The van der Waals surface area contributed by atoms with Crippen LogP contribution in [0.3, 0.4) is 0 Å². The van der Waals surface area contributed by atoms with Gasteiger partial charge >= 0.3 is 0 Å². The van der Waals surface area contributed by atoms with Crippen molar-refractivity contribution in [2.45, 2.75) is 0 Å². The van der Waals surface area contributed by atoms with Gasteiger partial charge in [0.15, 0.2) is 0 Å². The molecule has 0 saturated carbocycles. The van der Waals surface area contributed by atoms with Crippen LogP contribution in [0.5, 0.6) is 0 Å². The van der Waals surface area contributed by atoms with Crippen molar-refractivity contribution in [3.05, 3.63) is 64.7 Å². The second kappa shape index (κ2) is 7.77. The number of halogens is 1. The standard InChI is InChI=1S/C20H20FN5O2/c21-15-6-2-4-8-17(15)22-18(27)13-25-9-11-26(12-10-25)20-23-16-7-3-1-5-14(16)19(28)24-20/h1-8H,9-13H2,(H,22,27)(H,23,24,28). The smallest absolute Gasteiger partial charge is 0.260 e. The zero-order valence-electron chi connectivity index (χ0n) is 15.2. The SMILES string of the molecule is O=C(CN1CCN(c2nc3ccccc3c(=O)[nH]2)CC1)Nc1ccccc1F. The number of carbonyl (C=O) groups excluding carboxylic acids is 1. The Hall–Kier alpha value is -3.26. The zero-order valence-corrected chi connectivity index (χ0v) is 15.2. The predicted octanol–water partition coefficient (Wildman–Crippen LogP) is 1.82. The number of hydrogen-bond donors (Lipinski definition) is 2. The summed E-state index contributed by atoms with van der Waals surface area (Å²) < 4.78 is 13.6. The molecule has 1 saturated heterocycles. The van der Waals surface area contributed by atoms with Crippen molar-refractivity contribution in [1.82, 2.24) is 14.9 Å². The number of nitrogens with one attached hydrogen (secondary N) is 2. The molecule has 2 aromatic carbocycles. The quantitative estimate of drug-likeness (QED) is 0.721. The van der Waals surface area contributed by atoms with Crippen molar-refractivity contribution in [1.29, 1.82) is 0 Å². The lowest BCUT2D eigenvalue weighted by molar-refractivity contribution is -0.117. The molecule has 1 aliphatic rings. The fourth-order valence-corrected chi connectivity index (χ4v) is 3.30. The number of benzene rings is 2. The van der Waals surface area contributed by atoms with E-state index in [4.69, 9.17) is 0 Å². The van der Waals surface area contributed by atoms with Gasteiger partial charge in [-0.15, -0.1) is 0 Å². The molecule has 1 aliphatic heterocycles. The van der Waals surface area contributed by atoms with Crippen molar-refractivity contribution in [2.24, 2.45) is 0 Å². The molecule has 8 heteroatoms. The summed E-state index contributed by atoms with van der Waals surface area (Å²) in [6.45, 7) is 2.73. The van der Waals surface area contributed by atoms with Gasteiger partial charge in [-0.2, -0.15) is 0 Å². The van der Waals surface area contributed by atoms with E-state index in [1.807, 2.05) is 28.0 Å². The van der Waals surface area contributed by atoms with E-state index in [9.17, 15) is 14.0 Å². The second-order valence-corrected chi connectivity index (χ2v) is 6.70. The highest BCUT2D eigenvalue weighted by Gasteiger charge is 2.21. The molecule has 0 spiro atoms. The highest BCUT2D eigenvalue weighted by atomic mass is 19.1. The Bertz CT molecular complexity index is 1060. The number of H-pyrrole nitrogens is 1. The van der Waals surface area contributed by atoms with E-state index in [-0.39, 0.29) is 23.7 Å². The first kappa shape index (κ1) is 18.1. The summed E-state index contributed by atoms with van der Waals surface area (Å²) >= 11 is 0. The van der Waals surface area contributed by atoms with Crippen LogP contribution in [0.25, 0.3) is 10.9 Å². The van der Waals surface area contributed by atoms with Crippen LogP contribution in [0.15, 0.2) is 53.3 Å². The third-order valence-electron chi connectivity index (χ3n) is 4.79. The first-order chi connectivity index (χ1) is 13.6. The van der Waals surface area contributed by atoms with E-state index in [1.165, 1.54) is 12.1 Å². The molecule has 4 rings (SSSR count). The number of carbonyl (C=O) groups is 1. The molecule has 0 bridgehead atoms. The Kier molecular flexibility index (Phi) is 5.03. The molecule has 1 fully saturated rings. The first-order valence-electron chi connectivity index (χ1n) is 9.11. The van der Waals surface area contributed by atoms with Gasteiger partial charge in [-0.25, -0.2) is 9.37 Å². The van der Waals surface area contributed by atoms with Crippen LogP contribution < -0.4 is 15.8 Å². The minimum Gasteiger partial charge on any atom is -0.340 e. The van der Waals surface area contributed by atoms with Crippen LogP contribution in [-0.2, 0) is 4.79 Å². The Morgan fingerprint density at radius 3 is 2.57 bits per heavy atom. The lowest BCUT2D eigenvalue weighted by Gasteiger charge is -2.34. The number of para-hydroxylation sites is 2. The molecule has 144 valence electrons. The molecule has 0 atom stereocenters. The topological polar surface area (TPSA) is 81.3 Å². The normalized spacial score (nSPS) is 15.0. The number of amides is 1. The summed E-state index contributed by atoms with van der Waals surface area (Å²) in [6.07, 6.45) is 0. The Labute approximate surface area is 160 Å². The molecule has 0 unspecified atom stereocenters. The molecule has 1 aromatic heterocycles. The zero-order chi connectivity index (χ0) is 19.5. The van der Waals surface area contributed by atoms with Crippen LogP contribution in [0.1, 0.15) is 0 Å². The number of piperazine rings is 1. The van der Waals surface area contributed by atoms with Crippen molar-refractivity contribution < 1.29 is 9.18 Å². The fraction of sp³-hybridized carbons (Fsp3) is 0.250. The van der Waals surface area contributed by atoms with Gasteiger partial charge in [-0.05, 0) is 24.3 Å². The number of aromatic amines is 1. The molecule has 7 nitrogen and oxygen atoms in total. The largest absolute Gasteiger partial charge is 0.340 e. The summed E-state index contributed by atoms with van der Waals surface area (Å²) in [6, 6.07) is 13.3. The van der Waals surface area contributed by atoms with Gasteiger partial charge in [-0.1, -0.05) is 24.3 Å². The van der Waals surface area contributed by atoms with E-state index < -0.39 is 5.82 Å². The number of anilines is 2. The van der Waals surface area contributed by atoms with Crippen molar-refractivity contribution >= 4 is 28.4 Å². The van der Waals surface area contributed by atoms with E-state index in [0.29, 0.717) is 43.0 Å². The molecule has 2 heterocycles. The maximum absolute atomic E-state index is 13.6. The van der Waals surface area contributed by atoms with Gasteiger partial charge in [-0.3, -0.25) is 19.5 Å². The minimum absolute atomic E-state index is 0.160. The van der Waals surface area contributed by atoms with Gasteiger partial charge in [0.2, 0.25) is 11.9 Å². The average molecular weight is 381 g/mol. The summed E-state index contributed by atoms with van der Waals surface area (Å²) in [4.78, 5) is 35.8. The van der Waals surface area contributed by atoms with Crippen molar-refractivity contribution in [3.8, 4) is 0 Å². The average Bonchev–Trinajstić information content (AvgIpc) is 2.70. The summed E-state index contributed by atoms with van der Waals surface area (Å²) in [5, 5.41) is 3.16. The highest BCUT2D eigenvalue weighted by molar-refractivity contribution is 5.92. The van der Waals surface area contributed by atoms with E-state index >= 15 is 0 Å². The number of fused-ring (bicyclic) bond motifs is 1. The molecule has 0 radical (unpaired) electrons. The predicted molar refractivity (Wildman–Crippen MR) is 106 cm³/mol. The van der Waals surface area contributed by atoms with E-state index in [0.717, 1.165) is 0 Å². The van der Waals surface area contributed by atoms with Gasteiger partial charge < -0.3 is 10.2 Å². The highest BCUT2D eigenvalue weighted by Crippen LogP contribution is 2.15. The van der Waals surface area contributed by atoms with Gasteiger partial charge in [0.05, 0.1) is 23.1 Å². The molecular formula is C20H20FN5O2. The molecule has 1 amide bonds. The number of aromatic nitrogens is 2. The molecule has 0 aliphatic carbocycles. The van der Waals surface area contributed by atoms with Gasteiger partial charge in [0, 0.05) is 26.2 Å². The van der Waals surface area contributed by atoms with Crippen LogP contribution in [0.4, 0.5) is 16.0 Å². The number of nitrogens with zero attached hydrogens (tertiary/aromatic N) is 3. The Morgan fingerprint density at radius 1 is 1.07 bits per heavy atom. The lowest BCUT2D eigenvalue weighted by atomic mass is 10.2. The van der Waals surface area contributed by atoms with E-state index in [1.54, 1.807) is 18.2 Å². The number of rotatable bonds is 4. The Balaban J connectivity index is 1.36. The second-order valence-electron chi connectivity index (χ2n) is 6.70. The van der Waals surface area contributed by atoms with Crippen LogP contribution >= 0.6 is 0 Å². The molecule has 3 aromatic rings. The number of hydrogen-bond acceptors (Lipinski definition) is 5. The maximum Gasteiger partial charge on any atom is 0.260 e. The fourth-order valence-electron chi connectivity index (χ4n) is 3.30. The molecule has 28 heavy (non-hydrogen) atoms. The minimum atomic E-state index is -0.452. The molecule has 2 N–H and O–H groups in total. The van der Waals surface area contributed by atoms with Crippen molar-refractivity contribution in [3.63, 3.8) is 0 Å². The molecular weight excluding hydrogens is 361 g/mol. The summed E-state index contributed by atoms with van der Waals surface area (Å²) in [5.74, 6) is -0.165. The van der Waals surface area contributed by atoms with Gasteiger partial charge in [0.25, 0.3) is 5.56 Å². The monoisotopic (exact) mass is 381 g/mol. The first-order valence-corrected chi connectivity index (χ1v) is 9.11. The third-order valence-corrected chi connectivity index (χ3v) is 4.79. The third kappa shape index (κ3) is 3.86. The van der Waals surface area contributed by atoms with Gasteiger partial charge in [0.1, 0.15) is 5.82 Å². The maximum atomic E-state index is 13.6. The summed E-state index contributed by atoms with van der Waals surface area (Å²) in [7, 11) is 0. The van der Waals surface area contributed by atoms with Crippen LogP contribution in [-0.4, -0.2) is 53.5 Å². The van der Waals surface area contributed by atoms with Crippen LogP contribution in [0.2, 0.25) is 0 Å². The van der Waals surface area contributed by atoms with Crippen molar-refractivity contribution in [2.75, 3.05) is 42.9 Å². The lowest BCUT2D eigenvalue weighted by Crippen LogP contribution is -2.49. The van der Waals surface area contributed by atoms with Crippen LogP contribution in [0, 0.1) is 5.82 Å². The Morgan fingerprint density at radius 2 is 1.79 bits per heavy atom. The van der Waals surface area contributed by atoms with E-state index in [2.05, 4.69) is 15.3 Å². The summed E-state index contributed by atoms with van der Waals surface area (Å²) in [5.41, 5.74) is 0.685.